The van der Waals surface area contributed by atoms with Crippen LogP contribution in [0.4, 0.5) is 0 Å². The highest BCUT2D eigenvalue weighted by molar-refractivity contribution is 5.78. The second kappa shape index (κ2) is 7.18. The van der Waals surface area contributed by atoms with Crippen LogP contribution in [0.5, 0.6) is 0 Å². The third-order valence-electron chi connectivity index (χ3n) is 5.11. The summed E-state index contributed by atoms with van der Waals surface area (Å²) in [6, 6.07) is 12.8. The highest BCUT2D eigenvalue weighted by Crippen LogP contribution is 2.47. The number of nitrogens with one attached hydrogen (secondary N) is 2. The second-order valence-corrected chi connectivity index (χ2v) is 6.82. The van der Waals surface area contributed by atoms with Gasteiger partial charge >= 0.3 is 0 Å². The molecule has 1 fully saturated rings. The van der Waals surface area contributed by atoms with Crippen LogP contribution in [0.1, 0.15) is 38.3 Å². The minimum atomic E-state index is 0.0525. The first-order chi connectivity index (χ1) is 11.6. The number of hydrogen-bond donors (Lipinski definition) is 2. The van der Waals surface area contributed by atoms with E-state index < -0.39 is 0 Å². The summed E-state index contributed by atoms with van der Waals surface area (Å²) >= 11 is 0. The molecule has 128 valence electrons. The third kappa shape index (κ3) is 3.85. The van der Waals surface area contributed by atoms with E-state index in [2.05, 4.69) is 53.8 Å². The van der Waals surface area contributed by atoms with Gasteiger partial charge in [-0.15, -0.1) is 0 Å². The number of benzene rings is 1. The Morgan fingerprint density at radius 1 is 1.25 bits per heavy atom. The van der Waals surface area contributed by atoms with Gasteiger partial charge in [0, 0.05) is 30.4 Å². The first-order valence-electron chi connectivity index (χ1n) is 8.65. The van der Waals surface area contributed by atoms with Gasteiger partial charge in [-0.05, 0) is 38.3 Å². The van der Waals surface area contributed by atoms with Crippen LogP contribution in [0.25, 0.3) is 0 Å². The van der Waals surface area contributed by atoms with Gasteiger partial charge in [0.25, 0.3) is 0 Å². The summed E-state index contributed by atoms with van der Waals surface area (Å²) in [5, 5.41) is 10.6. The molecule has 5 nitrogen and oxygen atoms in total. The predicted molar refractivity (Wildman–Crippen MR) is 94.8 cm³/mol. The van der Waals surface area contributed by atoms with Crippen molar-refractivity contribution in [3.63, 3.8) is 0 Å². The summed E-state index contributed by atoms with van der Waals surface area (Å²) < 4.78 is 1.91. The number of aromatic nitrogens is 2. The maximum absolute atomic E-state index is 12.2. The molecule has 1 aromatic carbocycles. The maximum atomic E-state index is 12.2. The van der Waals surface area contributed by atoms with Gasteiger partial charge in [-0.2, -0.15) is 5.10 Å². The van der Waals surface area contributed by atoms with Crippen LogP contribution in [0.3, 0.4) is 0 Å². The van der Waals surface area contributed by atoms with E-state index in [1.807, 2.05) is 23.0 Å². The zero-order valence-electron chi connectivity index (χ0n) is 14.4. The van der Waals surface area contributed by atoms with E-state index in [0.717, 1.165) is 19.4 Å². The zero-order chi connectivity index (χ0) is 17.0. The van der Waals surface area contributed by atoms with E-state index in [4.69, 9.17) is 0 Å². The van der Waals surface area contributed by atoms with E-state index >= 15 is 0 Å². The van der Waals surface area contributed by atoms with Crippen molar-refractivity contribution >= 4 is 5.91 Å². The Morgan fingerprint density at radius 3 is 2.62 bits per heavy atom. The maximum Gasteiger partial charge on any atom is 0.233 e. The summed E-state index contributed by atoms with van der Waals surface area (Å²) in [5.74, 6) is 0.0525. The molecule has 2 aromatic rings. The molecule has 1 aliphatic rings. The Hall–Kier alpha value is -2.14. The van der Waals surface area contributed by atoms with E-state index in [1.54, 1.807) is 6.20 Å². The molecule has 5 heteroatoms. The van der Waals surface area contributed by atoms with Crippen LogP contribution >= 0.6 is 0 Å². The third-order valence-corrected chi connectivity index (χ3v) is 5.11. The Kier molecular flexibility index (Phi) is 5.00. The first kappa shape index (κ1) is 16.7. The fraction of sp³-hybridized carbons (Fsp3) is 0.474. The molecule has 1 aliphatic carbocycles. The average Bonchev–Trinajstić information content (AvgIpc) is 3.21. The average molecular weight is 326 g/mol. The molecule has 1 heterocycles. The van der Waals surface area contributed by atoms with Gasteiger partial charge < -0.3 is 10.6 Å². The quantitative estimate of drug-likeness (QED) is 0.782. The van der Waals surface area contributed by atoms with Crippen molar-refractivity contribution in [2.45, 2.75) is 44.2 Å². The van der Waals surface area contributed by atoms with Crippen molar-refractivity contribution in [2.75, 3.05) is 13.1 Å². The monoisotopic (exact) mass is 326 g/mol. The van der Waals surface area contributed by atoms with Crippen molar-refractivity contribution < 1.29 is 4.79 Å². The summed E-state index contributed by atoms with van der Waals surface area (Å²) in [6.07, 6.45) is 6.02. The van der Waals surface area contributed by atoms with Crippen LogP contribution in [-0.4, -0.2) is 34.8 Å². The molecule has 2 N–H and O–H groups in total. The highest BCUT2D eigenvalue weighted by atomic mass is 16.1. The molecule has 24 heavy (non-hydrogen) atoms. The Morgan fingerprint density at radius 2 is 2.00 bits per heavy atom. The SMILES string of the molecule is C[C@@H](NCC(=O)NCC1(c2ccccc2)CC1)[C@H](C)n1cccn1. The number of carbonyl (C=O) groups excluding carboxylic acids is 1. The first-order valence-corrected chi connectivity index (χ1v) is 8.65. The topological polar surface area (TPSA) is 59.0 Å². The molecule has 2 atom stereocenters. The number of rotatable bonds is 8. The van der Waals surface area contributed by atoms with Crippen molar-refractivity contribution in [1.29, 1.82) is 0 Å². The van der Waals surface area contributed by atoms with Gasteiger partial charge in [-0.25, -0.2) is 0 Å². The minimum Gasteiger partial charge on any atom is -0.354 e. The fourth-order valence-electron chi connectivity index (χ4n) is 3.02. The van der Waals surface area contributed by atoms with E-state index in [1.165, 1.54) is 5.56 Å². The number of amides is 1. The summed E-state index contributed by atoms with van der Waals surface area (Å²) in [6.45, 7) is 5.22. The van der Waals surface area contributed by atoms with Crippen molar-refractivity contribution in [2.24, 2.45) is 0 Å². The molecule has 0 unspecified atom stereocenters. The van der Waals surface area contributed by atoms with Crippen molar-refractivity contribution in [3.05, 3.63) is 54.4 Å². The van der Waals surface area contributed by atoms with Gasteiger partial charge in [-0.1, -0.05) is 30.3 Å². The van der Waals surface area contributed by atoms with Crippen molar-refractivity contribution in [1.82, 2.24) is 20.4 Å². The minimum absolute atomic E-state index is 0.0525. The van der Waals surface area contributed by atoms with E-state index in [-0.39, 0.29) is 23.4 Å². The van der Waals surface area contributed by atoms with E-state index in [9.17, 15) is 4.79 Å². The van der Waals surface area contributed by atoms with Gasteiger partial charge in [0.15, 0.2) is 0 Å². The Bertz CT molecular complexity index is 649. The molecule has 3 rings (SSSR count). The van der Waals surface area contributed by atoms with Crippen LogP contribution in [-0.2, 0) is 10.2 Å². The van der Waals surface area contributed by atoms with Crippen LogP contribution in [0, 0.1) is 0 Å². The molecule has 0 radical (unpaired) electrons. The fourth-order valence-corrected chi connectivity index (χ4v) is 3.02. The number of nitrogens with zero attached hydrogens (tertiary/aromatic N) is 2. The molecule has 0 aliphatic heterocycles. The smallest absolute Gasteiger partial charge is 0.233 e. The lowest BCUT2D eigenvalue weighted by atomic mass is 9.96. The van der Waals surface area contributed by atoms with Crippen molar-refractivity contribution in [3.8, 4) is 0 Å². The molecule has 1 amide bonds. The second-order valence-electron chi connectivity index (χ2n) is 6.82. The highest BCUT2D eigenvalue weighted by Gasteiger charge is 2.44. The number of carbonyl (C=O) groups is 1. The lowest BCUT2D eigenvalue weighted by Crippen LogP contribution is -2.43. The Labute approximate surface area is 143 Å². The van der Waals surface area contributed by atoms with Gasteiger partial charge in [-0.3, -0.25) is 9.48 Å². The standard InChI is InChI=1S/C19H26N4O/c1-15(16(2)23-12-6-11-22-23)20-13-18(24)21-14-19(9-10-19)17-7-4-3-5-8-17/h3-8,11-12,15-16,20H,9-10,13-14H2,1-2H3,(H,21,24)/t15-,16+/m1/s1. The zero-order valence-corrected chi connectivity index (χ0v) is 14.4. The number of hydrogen-bond acceptors (Lipinski definition) is 3. The molecule has 1 saturated carbocycles. The van der Waals surface area contributed by atoms with Gasteiger partial charge in [0.2, 0.25) is 5.91 Å². The largest absolute Gasteiger partial charge is 0.354 e. The molecule has 0 spiro atoms. The Balaban J connectivity index is 1.43. The predicted octanol–water partition coefficient (Wildman–Crippen LogP) is 2.27. The van der Waals surface area contributed by atoms with Gasteiger partial charge in [0.1, 0.15) is 0 Å². The summed E-state index contributed by atoms with van der Waals surface area (Å²) in [7, 11) is 0. The molecule has 0 bridgehead atoms. The molecule has 0 saturated heterocycles. The lowest BCUT2D eigenvalue weighted by Gasteiger charge is -2.22. The van der Waals surface area contributed by atoms with Crippen LogP contribution in [0.15, 0.2) is 48.8 Å². The van der Waals surface area contributed by atoms with Gasteiger partial charge in [0.05, 0.1) is 12.6 Å². The van der Waals surface area contributed by atoms with Crippen LogP contribution < -0.4 is 10.6 Å². The molecular weight excluding hydrogens is 300 g/mol. The van der Waals surface area contributed by atoms with E-state index in [0.29, 0.717) is 6.54 Å². The molecule has 1 aromatic heterocycles. The lowest BCUT2D eigenvalue weighted by molar-refractivity contribution is -0.120. The molecular formula is C19H26N4O. The van der Waals surface area contributed by atoms with Crippen LogP contribution in [0.2, 0.25) is 0 Å². The normalized spacial score (nSPS) is 17.9. The summed E-state index contributed by atoms with van der Waals surface area (Å²) in [4.78, 5) is 12.2. The summed E-state index contributed by atoms with van der Waals surface area (Å²) in [5.41, 5.74) is 1.49.